The molecule has 3 heteroatoms. The topological polar surface area (TPSA) is 39.4 Å². The highest BCUT2D eigenvalue weighted by atomic mass is 16.3. The van der Waals surface area contributed by atoms with Crippen LogP contribution in [0.2, 0.25) is 0 Å². The first kappa shape index (κ1) is 68.4. The van der Waals surface area contributed by atoms with Gasteiger partial charge in [0.25, 0.3) is 0 Å². The molecule has 0 atom stereocenters. The molecule has 24 rings (SSSR count). The van der Waals surface area contributed by atoms with Crippen molar-refractivity contribution in [3.05, 3.63) is 437 Å². The van der Waals surface area contributed by atoms with Crippen LogP contribution in [-0.4, -0.2) is 0 Å². The van der Waals surface area contributed by atoms with Crippen LogP contribution in [0.3, 0.4) is 0 Å². The molecule has 0 N–H and O–H groups in total. The molecule has 0 amide bonds. The van der Waals surface area contributed by atoms with Crippen molar-refractivity contribution in [1.82, 2.24) is 0 Å². The van der Waals surface area contributed by atoms with E-state index in [4.69, 9.17) is 13.3 Å². The van der Waals surface area contributed by atoms with E-state index >= 15 is 0 Å². The molecule has 24 aromatic rings. The molecule has 0 radical (unpaired) electrons. The lowest BCUT2D eigenvalue weighted by atomic mass is 9.85. The molecule has 3 heterocycles. The number of fused-ring (bicyclic) bond motifs is 15. The van der Waals surface area contributed by atoms with E-state index in [-0.39, 0.29) is 0 Å². The normalized spacial score (nSPS) is 11.6. The van der Waals surface area contributed by atoms with Gasteiger partial charge in [-0.2, -0.15) is 0 Å². The predicted octanol–water partition coefficient (Wildman–Crippen LogP) is 32.7. The molecule has 0 aliphatic rings. The predicted molar refractivity (Wildman–Crippen MR) is 495 cm³/mol. The van der Waals surface area contributed by atoms with E-state index in [0.717, 1.165) is 71.4 Å². The molecule has 0 saturated carbocycles. The summed E-state index contributed by atoms with van der Waals surface area (Å²) < 4.78 is 19.0. The fraction of sp³-hybridized carbons (Fsp3) is 0. The quantitative estimate of drug-likeness (QED) is 0.135. The minimum atomic E-state index is 0.909. The van der Waals surface area contributed by atoms with Crippen molar-refractivity contribution in [2.45, 2.75) is 0 Å². The fourth-order valence-electron chi connectivity index (χ4n) is 18.4. The Bertz CT molecular complexity index is 7780. The zero-order valence-corrected chi connectivity index (χ0v) is 63.8. The van der Waals surface area contributed by atoms with Gasteiger partial charge in [-0.25, -0.2) is 0 Å². The van der Waals surface area contributed by atoms with E-state index in [1.807, 2.05) is 6.07 Å². The van der Waals surface area contributed by atoms with Gasteiger partial charge in [0.05, 0.1) is 0 Å². The molecule has 3 nitrogen and oxygen atoms in total. The van der Waals surface area contributed by atoms with Gasteiger partial charge in [-0.1, -0.05) is 370 Å². The highest BCUT2D eigenvalue weighted by Crippen LogP contribution is 2.50. The summed E-state index contributed by atoms with van der Waals surface area (Å²) in [5, 5.41) is 22.0. The van der Waals surface area contributed by atoms with Gasteiger partial charge in [0.2, 0.25) is 0 Å². The van der Waals surface area contributed by atoms with E-state index in [2.05, 4.69) is 431 Å². The average molecular weight is 1490 g/mol. The SMILES string of the molecule is c1ccc(-c2c3ccccc3c(-c3ccc4oc5cccc(-c6ccccc6)c5c4c3)c3ccccc23)cc1.c1ccc(-c2ccc3c(c2)oc2ccc(-c4c5ccccc5c(-c5ccccc5)c5ccccc45)cc23)cc1.c1ccc(-c2ccc3oc4ccc(-c5c6ccccc6c(-c6ccccc6)c6ccccc56)cc4c3c2)cc1. The van der Waals surface area contributed by atoms with Gasteiger partial charge in [0, 0.05) is 32.3 Å². The third-order valence-electron chi connectivity index (χ3n) is 23.6. The molecule has 21 aromatic carbocycles. The van der Waals surface area contributed by atoms with Crippen LogP contribution >= 0.6 is 0 Å². The lowest BCUT2D eigenvalue weighted by Crippen LogP contribution is -1.90. The third kappa shape index (κ3) is 12.0. The third-order valence-corrected chi connectivity index (χ3v) is 23.6. The minimum Gasteiger partial charge on any atom is -0.456 e. The summed E-state index contributed by atoms with van der Waals surface area (Å²) in [5.41, 5.74) is 27.6. The number of furan rings is 3. The Morgan fingerprint density at radius 1 is 0.111 bits per heavy atom. The van der Waals surface area contributed by atoms with Crippen LogP contribution in [0.5, 0.6) is 0 Å². The second-order valence-electron chi connectivity index (χ2n) is 30.3. The van der Waals surface area contributed by atoms with E-state index in [9.17, 15) is 0 Å². The maximum absolute atomic E-state index is 6.36. The van der Waals surface area contributed by atoms with Crippen LogP contribution in [0, 0.1) is 0 Å². The molecule has 0 spiro atoms. The van der Waals surface area contributed by atoms with Gasteiger partial charge in [-0.3, -0.25) is 0 Å². The summed E-state index contributed by atoms with van der Waals surface area (Å²) in [7, 11) is 0. The smallest absolute Gasteiger partial charge is 0.136 e. The van der Waals surface area contributed by atoms with Crippen molar-refractivity contribution in [2.24, 2.45) is 0 Å². The van der Waals surface area contributed by atoms with Crippen molar-refractivity contribution in [2.75, 3.05) is 0 Å². The molecule has 0 fully saturated rings. The average Bonchev–Trinajstić information content (AvgIpc) is 1.44. The summed E-state index contributed by atoms with van der Waals surface area (Å²) in [6.07, 6.45) is 0. The van der Waals surface area contributed by atoms with Crippen LogP contribution in [0.25, 0.3) is 231 Å². The number of benzene rings is 21. The van der Waals surface area contributed by atoms with Crippen LogP contribution < -0.4 is 0 Å². The second-order valence-corrected chi connectivity index (χ2v) is 30.3. The van der Waals surface area contributed by atoms with Gasteiger partial charge in [-0.05, 0) is 232 Å². The Kier molecular flexibility index (Phi) is 16.9. The lowest BCUT2D eigenvalue weighted by molar-refractivity contribution is 0.668. The second kappa shape index (κ2) is 29.0. The largest absolute Gasteiger partial charge is 0.456 e. The molecule has 117 heavy (non-hydrogen) atoms. The molecular weight excluding hydrogens is 1420 g/mol. The van der Waals surface area contributed by atoms with Crippen molar-refractivity contribution in [3.63, 3.8) is 0 Å². The molecule has 0 unspecified atom stereocenters. The van der Waals surface area contributed by atoms with Crippen LogP contribution in [0.15, 0.2) is 450 Å². The van der Waals surface area contributed by atoms with Gasteiger partial charge in [-0.15, -0.1) is 0 Å². The van der Waals surface area contributed by atoms with E-state index in [1.54, 1.807) is 0 Å². The highest BCUT2D eigenvalue weighted by molar-refractivity contribution is 6.26. The summed E-state index contributed by atoms with van der Waals surface area (Å²) in [6.45, 7) is 0. The number of hydrogen-bond acceptors (Lipinski definition) is 3. The Balaban J connectivity index is 0.000000106. The van der Waals surface area contributed by atoms with Crippen molar-refractivity contribution < 1.29 is 13.3 Å². The van der Waals surface area contributed by atoms with Gasteiger partial charge in [0.15, 0.2) is 0 Å². The first-order valence-corrected chi connectivity index (χ1v) is 40.1. The van der Waals surface area contributed by atoms with Crippen molar-refractivity contribution in [1.29, 1.82) is 0 Å². The van der Waals surface area contributed by atoms with Gasteiger partial charge < -0.3 is 13.3 Å². The summed E-state index contributed by atoms with van der Waals surface area (Å²) in [4.78, 5) is 0. The Hall–Kier alpha value is -15.4. The van der Waals surface area contributed by atoms with Crippen molar-refractivity contribution in [3.8, 4) is 100 Å². The zero-order valence-electron chi connectivity index (χ0n) is 63.8. The number of rotatable bonds is 9. The van der Waals surface area contributed by atoms with Crippen LogP contribution in [-0.2, 0) is 0 Å². The van der Waals surface area contributed by atoms with Gasteiger partial charge >= 0.3 is 0 Å². The maximum Gasteiger partial charge on any atom is 0.136 e. The molecule has 546 valence electrons. The summed E-state index contributed by atoms with van der Waals surface area (Å²) in [5.74, 6) is 0. The van der Waals surface area contributed by atoms with Gasteiger partial charge in [0.1, 0.15) is 33.5 Å². The van der Waals surface area contributed by atoms with E-state index < -0.39 is 0 Å². The number of hydrogen-bond donors (Lipinski definition) is 0. The molecule has 0 saturated heterocycles. The molecule has 0 aliphatic carbocycles. The first-order valence-electron chi connectivity index (χ1n) is 40.1. The fourth-order valence-corrected chi connectivity index (χ4v) is 18.4. The Morgan fingerprint density at radius 2 is 0.350 bits per heavy atom. The molecule has 0 aliphatic heterocycles. The van der Waals surface area contributed by atoms with Crippen molar-refractivity contribution >= 4 is 130 Å². The molecular formula is C114H72O3. The monoisotopic (exact) mass is 1490 g/mol. The maximum atomic E-state index is 6.36. The van der Waals surface area contributed by atoms with E-state index in [1.165, 1.54) is 159 Å². The Morgan fingerprint density at radius 3 is 0.701 bits per heavy atom. The zero-order chi connectivity index (χ0) is 77.3. The lowest BCUT2D eigenvalue weighted by Gasteiger charge is -2.17. The molecule has 0 bridgehead atoms. The molecule has 3 aromatic heterocycles. The summed E-state index contributed by atoms with van der Waals surface area (Å²) >= 11 is 0. The Labute approximate surface area is 676 Å². The van der Waals surface area contributed by atoms with Crippen LogP contribution in [0.1, 0.15) is 0 Å². The van der Waals surface area contributed by atoms with Crippen LogP contribution in [0.4, 0.5) is 0 Å². The standard InChI is InChI=1S/3C38H24O/c1-3-12-25(13-4-1)28-20-11-21-35-38(28)33-24-27(22-23-34(33)39-35)37-31-18-9-7-16-29(31)36(26-14-5-2-6-15-26)30-17-8-10-19-32(30)37;1-3-11-25(12-4-1)27-19-21-29-34-23-28(20-22-35(34)39-36(29)24-27)38-32-17-9-7-15-30(32)37(26-13-5-2-6-14-26)31-16-8-10-18-33(31)38;1-3-11-25(12-4-1)27-19-21-35-33(23-27)34-24-28(20-22-36(34)39-35)38-31-17-9-7-15-29(31)37(26-13-5-2-6-14-26)30-16-8-10-18-32(30)38/h3*1-24H. The first-order chi connectivity index (χ1) is 58.1. The summed E-state index contributed by atoms with van der Waals surface area (Å²) in [6, 6.07) is 156. The highest BCUT2D eigenvalue weighted by Gasteiger charge is 2.24. The van der Waals surface area contributed by atoms with E-state index in [0.29, 0.717) is 0 Å². The minimum absolute atomic E-state index is 0.909.